The first-order chi connectivity index (χ1) is 10.1. The van der Waals surface area contributed by atoms with Crippen molar-refractivity contribution >= 4 is 0 Å². The molecule has 1 nitrogen and oxygen atoms in total. The Morgan fingerprint density at radius 3 is 2.33 bits per heavy atom. The maximum absolute atomic E-state index is 6.61. The third-order valence-corrected chi connectivity index (χ3v) is 4.76. The van der Waals surface area contributed by atoms with Gasteiger partial charge in [0.25, 0.3) is 0 Å². The fourth-order valence-corrected chi connectivity index (χ4v) is 3.38. The van der Waals surface area contributed by atoms with E-state index in [9.17, 15) is 0 Å². The van der Waals surface area contributed by atoms with Gasteiger partial charge in [-0.15, -0.1) is 0 Å². The van der Waals surface area contributed by atoms with Gasteiger partial charge in [0.05, 0.1) is 0 Å². The summed E-state index contributed by atoms with van der Waals surface area (Å²) in [6.45, 7) is 4.32. The van der Waals surface area contributed by atoms with Crippen LogP contribution in [0.2, 0.25) is 0 Å². The second-order valence-corrected chi connectivity index (χ2v) is 6.60. The van der Waals surface area contributed by atoms with Gasteiger partial charge in [-0.25, -0.2) is 0 Å². The lowest BCUT2D eigenvalue weighted by atomic mass is 9.85. The largest absolute Gasteiger partial charge is 0.321 e. The Bertz CT molecular complexity index is 623. The van der Waals surface area contributed by atoms with Gasteiger partial charge in [0, 0.05) is 5.54 Å². The minimum absolute atomic E-state index is 0.306. The number of rotatable bonds is 4. The van der Waals surface area contributed by atoms with Crippen LogP contribution in [0.25, 0.3) is 0 Å². The highest BCUT2D eigenvalue weighted by molar-refractivity contribution is 5.37. The SMILES string of the molecule is CCc1ccc(C(C)(N)Cc2ccc3c(c2)CCC3)cc1. The molecule has 2 aromatic carbocycles. The molecule has 110 valence electrons. The highest BCUT2D eigenvalue weighted by Gasteiger charge is 2.22. The van der Waals surface area contributed by atoms with Crippen LogP contribution in [0.15, 0.2) is 42.5 Å². The molecule has 1 aliphatic carbocycles. The van der Waals surface area contributed by atoms with Crippen molar-refractivity contribution in [3.05, 3.63) is 70.3 Å². The highest BCUT2D eigenvalue weighted by atomic mass is 14.7. The van der Waals surface area contributed by atoms with E-state index in [0.29, 0.717) is 0 Å². The molecule has 2 N–H and O–H groups in total. The van der Waals surface area contributed by atoms with Crippen molar-refractivity contribution in [2.75, 3.05) is 0 Å². The topological polar surface area (TPSA) is 26.0 Å². The van der Waals surface area contributed by atoms with E-state index in [-0.39, 0.29) is 5.54 Å². The zero-order chi connectivity index (χ0) is 14.9. The molecule has 0 bridgehead atoms. The van der Waals surface area contributed by atoms with E-state index >= 15 is 0 Å². The lowest BCUT2D eigenvalue weighted by Gasteiger charge is -2.26. The third kappa shape index (κ3) is 3.03. The number of fused-ring (bicyclic) bond motifs is 1. The van der Waals surface area contributed by atoms with Crippen molar-refractivity contribution in [1.82, 2.24) is 0 Å². The van der Waals surface area contributed by atoms with Crippen LogP contribution in [-0.2, 0) is 31.2 Å². The van der Waals surface area contributed by atoms with Crippen molar-refractivity contribution in [2.24, 2.45) is 5.73 Å². The van der Waals surface area contributed by atoms with Crippen LogP contribution in [0.3, 0.4) is 0 Å². The summed E-state index contributed by atoms with van der Waals surface area (Å²) in [4.78, 5) is 0. The van der Waals surface area contributed by atoms with E-state index in [1.165, 1.54) is 47.1 Å². The first-order valence-electron chi connectivity index (χ1n) is 8.07. The van der Waals surface area contributed by atoms with Gasteiger partial charge in [-0.1, -0.05) is 49.4 Å². The van der Waals surface area contributed by atoms with Crippen molar-refractivity contribution in [3.63, 3.8) is 0 Å². The molecule has 1 heteroatoms. The maximum atomic E-state index is 6.61. The first-order valence-corrected chi connectivity index (χ1v) is 8.07. The Hall–Kier alpha value is -1.60. The Balaban J connectivity index is 1.81. The first kappa shape index (κ1) is 14.3. The molecule has 0 saturated carbocycles. The molecule has 1 aliphatic rings. The van der Waals surface area contributed by atoms with Gasteiger partial charge >= 0.3 is 0 Å². The summed E-state index contributed by atoms with van der Waals surface area (Å²) in [5.41, 5.74) is 13.3. The van der Waals surface area contributed by atoms with E-state index in [0.717, 1.165) is 12.8 Å². The quantitative estimate of drug-likeness (QED) is 0.893. The standard InChI is InChI=1S/C20H25N/c1-3-15-8-11-19(12-9-15)20(2,21)14-16-7-10-17-5-4-6-18(17)13-16/h7-13H,3-6,14,21H2,1-2H3. The fourth-order valence-electron chi connectivity index (χ4n) is 3.38. The second kappa shape index (κ2) is 5.65. The molecule has 0 radical (unpaired) electrons. The molecule has 2 aromatic rings. The number of aryl methyl sites for hydroxylation is 3. The smallest absolute Gasteiger partial charge is 0.0421 e. The van der Waals surface area contributed by atoms with Crippen molar-refractivity contribution in [3.8, 4) is 0 Å². The van der Waals surface area contributed by atoms with Crippen LogP contribution < -0.4 is 5.73 Å². The van der Waals surface area contributed by atoms with Gasteiger partial charge in [-0.2, -0.15) is 0 Å². The average molecular weight is 279 g/mol. The van der Waals surface area contributed by atoms with Gasteiger partial charge in [0.2, 0.25) is 0 Å². The van der Waals surface area contributed by atoms with Crippen LogP contribution in [0.4, 0.5) is 0 Å². The molecule has 0 spiro atoms. The Kier molecular flexibility index (Phi) is 3.86. The van der Waals surface area contributed by atoms with E-state index in [1.807, 2.05) is 0 Å². The lowest BCUT2D eigenvalue weighted by molar-refractivity contribution is 0.491. The van der Waals surface area contributed by atoms with Gasteiger partial charge in [-0.05, 0) is 66.8 Å². The summed E-state index contributed by atoms with van der Waals surface area (Å²) in [5.74, 6) is 0. The second-order valence-electron chi connectivity index (χ2n) is 6.60. The molecule has 0 amide bonds. The molecule has 1 unspecified atom stereocenters. The zero-order valence-electron chi connectivity index (χ0n) is 13.2. The average Bonchev–Trinajstić information content (AvgIpc) is 2.94. The van der Waals surface area contributed by atoms with E-state index in [2.05, 4.69) is 56.3 Å². The molecule has 21 heavy (non-hydrogen) atoms. The maximum Gasteiger partial charge on any atom is 0.0421 e. The Morgan fingerprint density at radius 1 is 0.952 bits per heavy atom. The van der Waals surface area contributed by atoms with Gasteiger partial charge in [0.1, 0.15) is 0 Å². The highest BCUT2D eigenvalue weighted by Crippen LogP contribution is 2.27. The molecule has 0 heterocycles. The molecule has 0 fully saturated rings. The Labute approximate surface area is 128 Å². The molecule has 0 aliphatic heterocycles. The van der Waals surface area contributed by atoms with Gasteiger partial charge in [0.15, 0.2) is 0 Å². The van der Waals surface area contributed by atoms with E-state index in [4.69, 9.17) is 5.73 Å². The minimum Gasteiger partial charge on any atom is -0.321 e. The van der Waals surface area contributed by atoms with Gasteiger partial charge < -0.3 is 5.73 Å². The van der Waals surface area contributed by atoms with E-state index in [1.54, 1.807) is 0 Å². The molecule has 0 aromatic heterocycles. The summed E-state index contributed by atoms with van der Waals surface area (Å²) in [6, 6.07) is 15.7. The summed E-state index contributed by atoms with van der Waals surface area (Å²) in [6.07, 6.45) is 5.75. The predicted molar refractivity (Wildman–Crippen MR) is 89.5 cm³/mol. The molecule has 0 saturated heterocycles. The molecule has 1 atom stereocenters. The summed E-state index contributed by atoms with van der Waals surface area (Å²) < 4.78 is 0. The number of nitrogens with two attached hydrogens (primary N) is 1. The minimum atomic E-state index is -0.306. The zero-order valence-corrected chi connectivity index (χ0v) is 13.2. The number of hydrogen-bond acceptors (Lipinski definition) is 1. The fraction of sp³-hybridized carbons (Fsp3) is 0.400. The van der Waals surface area contributed by atoms with Gasteiger partial charge in [-0.3, -0.25) is 0 Å². The van der Waals surface area contributed by atoms with Crippen LogP contribution in [0, 0.1) is 0 Å². The summed E-state index contributed by atoms with van der Waals surface area (Å²) in [7, 11) is 0. The number of hydrogen-bond donors (Lipinski definition) is 1. The monoisotopic (exact) mass is 279 g/mol. The lowest BCUT2D eigenvalue weighted by Crippen LogP contribution is -2.35. The normalized spacial score (nSPS) is 16.5. The van der Waals surface area contributed by atoms with Crippen molar-refractivity contribution in [1.29, 1.82) is 0 Å². The molecule has 3 rings (SSSR count). The Morgan fingerprint density at radius 2 is 1.62 bits per heavy atom. The van der Waals surface area contributed by atoms with Crippen molar-refractivity contribution in [2.45, 2.75) is 51.5 Å². The van der Waals surface area contributed by atoms with Crippen LogP contribution in [-0.4, -0.2) is 0 Å². The van der Waals surface area contributed by atoms with E-state index < -0.39 is 0 Å². The molecular weight excluding hydrogens is 254 g/mol. The summed E-state index contributed by atoms with van der Waals surface area (Å²) in [5, 5.41) is 0. The van der Waals surface area contributed by atoms with Crippen LogP contribution in [0.5, 0.6) is 0 Å². The third-order valence-electron chi connectivity index (χ3n) is 4.76. The van der Waals surface area contributed by atoms with Crippen molar-refractivity contribution < 1.29 is 0 Å². The number of benzene rings is 2. The van der Waals surface area contributed by atoms with Crippen LogP contribution in [0.1, 0.15) is 48.1 Å². The summed E-state index contributed by atoms with van der Waals surface area (Å²) >= 11 is 0. The molecular formula is C20H25N. The van der Waals surface area contributed by atoms with Crippen LogP contribution >= 0.6 is 0 Å². The predicted octanol–water partition coefficient (Wildman–Crippen LogP) is 4.15.